The van der Waals surface area contributed by atoms with Crippen molar-refractivity contribution in [1.82, 2.24) is 20.2 Å². The number of fused-ring (bicyclic) bond motifs is 1. The zero-order valence-electron chi connectivity index (χ0n) is 14.5. The molecule has 0 unspecified atom stereocenters. The molecule has 2 aromatic heterocycles. The summed E-state index contributed by atoms with van der Waals surface area (Å²) >= 11 is 1.68. The largest absolute Gasteiger partial charge is 0.353 e. The number of hydrogen-bond acceptors (Lipinski definition) is 6. The molecule has 1 fully saturated rings. The van der Waals surface area contributed by atoms with Gasteiger partial charge < -0.3 is 10.2 Å². The molecule has 26 heavy (non-hydrogen) atoms. The van der Waals surface area contributed by atoms with Crippen LogP contribution in [0.1, 0.15) is 5.56 Å². The van der Waals surface area contributed by atoms with Gasteiger partial charge in [-0.15, -0.1) is 11.3 Å². The van der Waals surface area contributed by atoms with E-state index in [2.05, 4.69) is 30.5 Å². The van der Waals surface area contributed by atoms with Gasteiger partial charge in [-0.2, -0.15) is 0 Å². The SMILES string of the molecule is O=C(CN1CCN(c2ncnc3ccsc23)CC1)NCc1ccccc1. The lowest BCUT2D eigenvalue weighted by Gasteiger charge is -2.35. The molecule has 0 radical (unpaired) electrons. The molecule has 1 aromatic carbocycles. The Morgan fingerprint density at radius 1 is 1.08 bits per heavy atom. The normalized spacial score (nSPS) is 15.3. The molecule has 3 aromatic rings. The molecule has 1 aliphatic rings. The topological polar surface area (TPSA) is 61.4 Å². The maximum Gasteiger partial charge on any atom is 0.234 e. The summed E-state index contributed by atoms with van der Waals surface area (Å²) in [5.74, 6) is 1.09. The van der Waals surface area contributed by atoms with Gasteiger partial charge in [-0.3, -0.25) is 9.69 Å². The first kappa shape index (κ1) is 16.9. The van der Waals surface area contributed by atoms with Crippen molar-refractivity contribution in [2.75, 3.05) is 37.6 Å². The Morgan fingerprint density at radius 2 is 1.88 bits per heavy atom. The molecule has 4 rings (SSSR count). The fourth-order valence-electron chi connectivity index (χ4n) is 3.17. The Bertz CT molecular complexity index is 874. The van der Waals surface area contributed by atoms with Crippen LogP contribution in [0.5, 0.6) is 0 Å². The van der Waals surface area contributed by atoms with Gasteiger partial charge in [-0.25, -0.2) is 9.97 Å². The molecule has 0 saturated carbocycles. The van der Waals surface area contributed by atoms with Crippen LogP contribution < -0.4 is 10.2 Å². The van der Waals surface area contributed by atoms with Crippen molar-refractivity contribution >= 4 is 33.3 Å². The Kier molecular flexibility index (Phi) is 5.08. The quantitative estimate of drug-likeness (QED) is 0.749. The van der Waals surface area contributed by atoms with Crippen LogP contribution in [0, 0.1) is 0 Å². The fourth-order valence-corrected chi connectivity index (χ4v) is 4.04. The van der Waals surface area contributed by atoms with E-state index in [1.807, 2.05) is 36.4 Å². The zero-order valence-corrected chi connectivity index (χ0v) is 15.3. The van der Waals surface area contributed by atoms with Crippen molar-refractivity contribution in [2.45, 2.75) is 6.54 Å². The molecule has 1 amide bonds. The van der Waals surface area contributed by atoms with Gasteiger partial charge in [0.05, 0.1) is 16.8 Å². The van der Waals surface area contributed by atoms with Crippen LogP contribution in [-0.2, 0) is 11.3 Å². The molecule has 0 bridgehead atoms. The highest BCUT2D eigenvalue weighted by Crippen LogP contribution is 2.28. The van der Waals surface area contributed by atoms with Crippen LogP contribution in [-0.4, -0.2) is 53.5 Å². The van der Waals surface area contributed by atoms with E-state index < -0.39 is 0 Å². The summed E-state index contributed by atoms with van der Waals surface area (Å²) in [4.78, 5) is 25.5. The number of rotatable bonds is 5. The van der Waals surface area contributed by atoms with Crippen LogP contribution in [0.2, 0.25) is 0 Å². The molecule has 0 atom stereocenters. The van der Waals surface area contributed by atoms with Crippen LogP contribution in [0.4, 0.5) is 5.82 Å². The molecule has 1 N–H and O–H groups in total. The Hall–Kier alpha value is -2.51. The van der Waals surface area contributed by atoms with Crippen molar-refractivity contribution < 1.29 is 4.79 Å². The predicted molar refractivity (Wildman–Crippen MR) is 104 cm³/mol. The van der Waals surface area contributed by atoms with E-state index >= 15 is 0 Å². The maximum absolute atomic E-state index is 12.2. The summed E-state index contributed by atoms with van der Waals surface area (Å²) in [5, 5.41) is 5.05. The number of aromatic nitrogens is 2. The van der Waals surface area contributed by atoms with Gasteiger partial charge in [-0.1, -0.05) is 30.3 Å². The minimum atomic E-state index is 0.0741. The first-order chi connectivity index (χ1) is 12.8. The first-order valence-corrected chi connectivity index (χ1v) is 9.64. The average molecular weight is 367 g/mol. The van der Waals surface area contributed by atoms with Crippen LogP contribution in [0.15, 0.2) is 48.1 Å². The van der Waals surface area contributed by atoms with E-state index in [1.165, 1.54) is 0 Å². The number of carbonyl (C=O) groups excluding carboxylic acids is 1. The third-order valence-electron chi connectivity index (χ3n) is 4.60. The first-order valence-electron chi connectivity index (χ1n) is 8.76. The second kappa shape index (κ2) is 7.80. The highest BCUT2D eigenvalue weighted by molar-refractivity contribution is 7.17. The van der Waals surface area contributed by atoms with E-state index in [0.717, 1.165) is 47.8 Å². The van der Waals surface area contributed by atoms with Gasteiger partial charge >= 0.3 is 0 Å². The van der Waals surface area contributed by atoms with Crippen LogP contribution in [0.25, 0.3) is 10.2 Å². The lowest BCUT2D eigenvalue weighted by Crippen LogP contribution is -2.49. The predicted octanol–water partition coefficient (Wildman–Crippen LogP) is 2.13. The van der Waals surface area contributed by atoms with Gasteiger partial charge in [0, 0.05) is 32.7 Å². The summed E-state index contributed by atoms with van der Waals surface area (Å²) in [7, 11) is 0. The number of carbonyl (C=O) groups is 1. The van der Waals surface area contributed by atoms with E-state index in [0.29, 0.717) is 13.1 Å². The van der Waals surface area contributed by atoms with Gasteiger partial charge in [0.1, 0.15) is 12.1 Å². The van der Waals surface area contributed by atoms with Crippen molar-refractivity contribution in [3.8, 4) is 0 Å². The Morgan fingerprint density at radius 3 is 2.69 bits per heavy atom. The molecule has 134 valence electrons. The number of hydrogen-bond donors (Lipinski definition) is 1. The molecule has 0 aliphatic carbocycles. The van der Waals surface area contributed by atoms with Crippen LogP contribution in [0.3, 0.4) is 0 Å². The number of amides is 1. The summed E-state index contributed by atoms with van der Waals surface area (Å²) in [6.45, 7) is 4.48. The number of nitrogens with zero attached hydrogens (tertiary/aromatic N) is 4. The second-order valence-electron chi connectivity index (χ2n) is 6.36. The van der Waals surface area contributed by atoms with Gasteiger partial charge in [0.25, 0.3) is 0 Å². The summed E-state index contributed by atoms with van der Waals surface area (Å²) in [5.41, 5.74) is 2.12. The lowest BCUT2D eigenvalue weighted by molar-refractivity contribution is -0.122. The van der Waals surface area contributed by atoms with Crippen molar-refractivity contribution in [3.63, 3.8) is 0 Å². The van der Waals surface area contributed by atoms with E-state index in [-0.39, 0.29) is 5.91 Å². The molecule has 0 spiro atoms. The van der Waals surface area contributed by atoms with Crippen LogP contribution >= 0.6 is 11.3 Å². The zero-order chi connectivity index (χ0) is 17.8. The summed E-state index contributed by atoms with van der Waals surface area (Å²) < 4.78 is 1.14. The molecule has 3 heterocycles. The third kappa shape index (κ3) is 3.84. The third-order valence-corrected chi connectivity index (χ3v) is 5.50. The number of thiophene rings is 1. The Labute approximate surface area is 156 Å². The van der Waals surface area contributed by atoms with Gasteiger partial charge in [-0.05, 0) is 17.0 Å². The number of nitrogens with one attached hydrogen (secondary N) is 1. The summed E-state index contributed by atoms with van der Waals surface area (Å²) in [6, 6.07) is 12.0. The fraction of sp³-hybridized carbons (Fsp3) is 0.316. The van der Waals surface area contributed by atoms with Crippen molar-refractivity contribution in [3.05, 3.63) is 53.7 Å². The molecular weight excluding hydrogens is 346 g/mol. The monoisotopic (exact) mass is 367 g/mol. The van der Waals surface area contributed by atoms with E-state index in [4.69, 9.17) is 0 Å². The molecule has 7 heteroatoms. The number of anilines is 1. The standard InChI is InChI=1S/C19H21N5OS/c25-17(20-12-15-4-2-1-3-5-15)13-23-7-9-24(10-8-23)19-18-16(6-11-26-18)21-14-22-19/h1-6,11,14H,7-10,12-13H2,(H,20,25). The van der Waals surface area contributed by atoms with Crippen molar-refractivity contribution in [1.29, 1.82) is 0 Å². The van der Waals surface area contributed by atoms with E-state index in [1.54, 1.807) is 17.7 Å². The maximum atomic E-state index is 12.2. The molecular formula is C19H21N5OS. The minimum absolute atomic E-state index is 0.0741. The van der Waals surface area contributed by atoms with Gasteiger partial charge in [0.15, 0.2) is 0 Å². The lowest BCUT2D eigenvalue weighted by atomic mass is 10.2. The number of piperazine rings is 1. The Balaban J connectivity index is 1.28. The molecule has 1 saturated heterocycles. The highest BCUT2D eigenvalue weighted by Gasteiger charge is 2.21. The van der Waals surface area contributed by atoms with Crippen molar-refractivity contribution in [2.24, 2.45) is 0 Å². The smallest absolute Gasteiger partial charge is 0.234 e. The molecule has 1 aliphatic heterocycles. The number of benzene rings is 1. The molecule has 6 nitrogen and oxygen atoms in total. The second-order valence-corrected chi connectivity index (χ2v) is 7.27. The van der Waals surface area contributed by atoms with E-state index in [9.17, 15) is 4.79 Å². The van der Waals surface area contributed by atoms with Gasteiger partial charge in [0.2, 0.25) is 5.91 Å². The minimum Gasteiger partial charge on any atom is -0.353 e. The average Bonchev–Trinajstić information content (AvgIpc) is 3.17. The summed E-state index contributed by atoms with van der Waals surface area (Å²) in [6.07, 6.45) is 1.63. The highest BCUT2D eigenvalue weighted by atomic mass is 32.1.